The van der Waals surface area contributed by atoms with Gasteiger partial charge in [-0.3, -0.25) is 9.59 Å². The molecule has 0 saturated carbocycles. The molecule has 6 nitrogen and oxygen atoms in total. The van der Waals surface area contributed by atoms with Gasteiger partial charge in [0.1, 0.15) is 17.5 Å². The van der Waals surface area contributed by atoms with E-state index < -0.39 is 6.04 Å². The number of carbonyl (C=O) groups excluding carboxylic acids is 2. The third kappa shape index (κ3) is 5.99. The van der Waals surface area contributed by atoms with E-state index in [4.69, 9.17) is 9.47 Å². The summed E-state index contributed by atoms with van der Waals surface area (Å²) >= 11 is 3.39. The fourth-order valence-electron chi connectivity index (χ4n) is 2.48. The molecular weight excluding hydrogens is 412 g/mol. The van der Waals surface area contributed by atoms with Crippen LogP contribution in [0.25, 0.3) is 0 Å². The van der Waals surface area contributed by atoms with Crippen LogP contribution in [0, 0.1) is 0 Å². The minimum atomic E-state index is -0.620. The number of halogens is 1. The zero-order valence-electron chi connectivity index (χ0n) is 15.6. The fraction of sp³-hybridized carbons (Fsp3) is 0.300. The summed E-state index contributed by atoms with van der Waals surface area (Å²) in [5.74, 6) is 0.758. The van der Waals surface area contributed by atoms with Crippen molar-refractivity contribution in [3.05, 3.63) is 58.6 Å². The minimum Gasteiger partial charge on any atom is -0.497 e. The maximum atomic E-state index is 12.8. The van der Waals surface area contributed by atoms with Gasteiger partial charge in [-0.15, -0.1) is 0 Å². The zero-order chi connectivity index (χ0) is 19.8. The lowest BCUT2D eigenvalue weighted by molar-refractivity contribution is -0.142. The van der Waals surface area contributed by atoms with Crippen molar-refractivity contribution in [1.29, 1.82) is 0 Å². The molecule has 2 aromatic rings. The van der Waals surface area contributed by atoms with E-state index in [0.717, 1.165) is 10.0 Å². The van der Waals surface area contributed by atoms with Gasteiger partial charge in [-0.25, -0.2) is 0 Å². The van der Waals surface area contributed by atoms with Crippen LogP contribution in [0.2, 0.25) is 0 Å². The Morgan fingerprint density at radius 3 is 2.22 bits per heavy atom. The minimum absolute atomic E-state index is 0.163. The van der Waals surface area contributed by atoms with Crippen molar-refractivity contribution in [3.8, 4) is 11.5 Å². The molecule has 7 heteroatoms. The Morgan fingerprint density at radius 1 is 1.07 bits per heavy atom. The van der Waals surface area contributed by atoms with Crippen LogP contribution in [-0.4, -0.2) is 43.5 Å². The molecule has 0 fully saturated rings. The zero-order valence-corrected chi connectivity index (χ0v) is 17.2. The number of ether oxygens (including phenoxy) is 2. The smallest absolute Gasteiger partial charge is 0.261 e. The Balaban J connectivity index is 2.09. The highest BCUT2D eigenvalue weighted by Crippen LogP contribution is 2.18. The first-order valence-electron chi connectivity index (χ1n) is 8.47. The third-order valence-corrected chi connectivity index (χ3v) is 4.63. The lowest BCUT2D eigenvalue weighted by Crippen LogP contribution is -2.48. The number of carbonyl (C=O) groups is 2. The summed E-state index contributed by atoms with van der Waals surface area (Å²) in [4.78, 5) is 26.3. The Kier molecular flexibility index (Phi) is 7.67. The molecule has 2 rings (SSSR count). The number of hydrogen-bond acceptors (Lipinski definition) is 4. The quantitative estimate of drug-likeness (QED) is 0.693. The molecule has 0 spiro atoms. The first-order chi connectivity index (χ1) is 12.9. The largest absolute Gasteiger partial charge is 0.497 e. The van der Waals surface area contributed by atoms with Crippen molar-refractivity contribution in [2.75, 3.05) is 20.8 Å². The standard InChI is InChI=1S/C20H23BrN2O4/c1-14(20(25)22-2)23(12-15-4-6-16(21)7-5-15)19(24)13-27-18-10-8-17(26-3)9-11-18/h4-11,14H,12-13H2,1-3H3,(H,22,25)/t14-/m1/s1. The number of nitrogens with one attached hydrogen (secondary N) is 1. The van der Waals surface area contributed by atoms with Crippen LogP contribution in [0.15, 0.2) is 53.0 Å². The lowest BCUT2D eigenvalue weighted by atomic mass is 10.1. The van der Waals surface area contributed by atoms with Crippen molar-refractivity contribution in [3.63, 3.8) is 0 Å². The molecule has 0 saturated heterocycles. The summed E-state index contributed by atoms with van der Waals surface area (Å²) in [6.07, 6.45) is 0. The first-order valence-corrected chi connectivity index (χ1v) is 9.26. The number of nitrogens with zero attached hydrogens (tertiary/aromatic N) is 1. The Hall–Kier alpha value is -2.54. The molecule has 0 unspecified atom stereocenters. The van der Waals surface area contributed by atoms with Crippen LogP contribution < -0.4 is 14.8 Å². The average molecular weight is 435 g/mol. The van der Waals surface area contributed by atoms with Crippen molar-refractivity contribution in [1.82, 2.24) is 10.2 Å². The van der Waals surface area contributed by atoms with Gasteiger partial charge in [-0.05, 0) is 48.9 Å². The van der Waals surface area contributed by atoms with Gasteiger partial charge in [0.05, 0.1) is 7.11 Å². The molecule has 144 valence electrons. The van der Waals surface area contributed by atoms with Gasteiger partial charge in [0, 0.05) is 18.1 Å². The van der Waals surface area contributed by atoms with Gasteiger partial charge in [0.25, 0.3) is 5.91 Å². The molecule has 0 aliphatic carbocycles. The molecular formula is C20H23BrN2O4. The highest BCUT2D eigenvalue weighted by molar-refractivity contribution is 9.10. The fourth-order valence-corrected chi connectivity index (χ4v) is 2.74. The van der Waals surface area contributed by atoms with Gasteiger partial charge < -0.3 is 19.7 Å². The molecule has 2 amide bonds. The van der Waals surface area contributed by atoms with Gasteiger partial charge in [-0.1, -0.05) is 28.1 Å². The normalized spacial score (nSPS) is 11.4. The van der Waals surface area contributed by atoms with E-state index in [1.807, 2.05) is 24.3 Å². The van der Waals surface area contributed by atoms with Crippen molar-refractivity contribution in [2.24, 2.45) is 0 Å². The lowest BCUT2D eigenvalue weighted by Gasteiger charge is -2.28. The van der Waals surface area contributed by atoms with Crippen molar-refractivity contribution >= 4 is 27.7 Å². The molecule has 0 bridgehead atoms. The van der Waals surface area contributed by atoms with Gasteiger partial charge >= 0.3 is 0 Å². The van der Waals surface area contributed by atoms with Crippen LogP contribution in [0.1, 0.15) is 12.5 Å². The molecule has 0 aromatic heterocycles. The SMILES string of the molecule is CNC(=O)[C@@H](C)N(Cc1ccc(Br)cc1)C(=O)COc1ccc(OC)cc1. The molecule has 0 aliphatic rings. The highest BCUT2D eigenvalue weighted by Gasteiger charge is 2.25. The molecule has 1 atom stereocenters. The van der Waals surface area contributed by atoms with E-state index in [1.54, 1.807) is 45.3 Å². The third-order valence-electron chi connectivity index (χ3n) is 4.10. The summed E-state index contributed by atoms with van der Waals surface area (Å²) in [7, 11) is 3.13. The maximum absolute atomic E-state index is 12.8. The molecule has 27 heavy (non-hydrogen) atoms. The second-order valence-corrected chi connectivity index (χ2v) is 6.82. The maximum Gasteiger partial charge on any atom is 0.261 e. The second-order valence-electron chi connectivity index (χ2n) is 5.90. The Labute approximate surface area is 167 Å². The Morgan fingerprint density at radius 2 is 1.67 bits per heavy atom. The molecule has 1 N–H and O–H groups in total. The second kappa shape index (κ2) is 9.97. The molecule has 0 aliphatic heterocycles. The molecule has 2 aromatic carbocycles. The van der Waals surface area contributed by atoms with Crippen LogP contribution in [0.3, 0.4) is 0 Å². The molecule has 0 heterocycles. The number of hydrogen-bond donors (Lipinski definition) is 1. The number of benzene rings is 2. The van der Waals surface area contributed by atoms with Crippen molar-refractivity contribution < 1.29 is 19.1 Å². The van der Waals surface area contributed by atoms with E-state index in [2.05, 4.69) is 21.2 Å². The predicted octanol–water partition coefficient (Wildman–Crippen LogP) is 3.00. The van der Waals surface area contributed by atoms with E-state index in [9.17, 15) is 9.59 Å². The number of likely N-dealkylation sites (N-methyl/N-ethyl adjacent to an activating group) is 1. The number of amides is 2. The van der Waals surface area contributed by atoms with E-state index in [1.165, 1.54) is 4.90 Å². The van der Waals surface area contributed by atoms with Gasteiger partial charge in [-0.2, -0.15) is 0 Å². The summed E-state index contributed by atoms with van der Waals surface area (Å²) in [5, 5.41) is 2.59. The van der Waals surface area contributed by atoms with Crippen LogP contribution in [0.4, 0.5) is 0 Å². The topological polar surface area (TPSA) is 67.9 Å². The average Bonchev–Trinajstić information content (AvgIpc) is 2.70. The number of methoxy groups -OCH3 is 1. The van der Waals surface area contributed by atoms with Crippen LogP contribution >= 0.6 is 15.9 Å². The van der Waals surface area contributed by atoms with E-state index in [-0.39, 0.29) is 18.4 Å². The summed E-state index contributed by atoms with van der Waals surface area (Å²) in [5.41, 5.74) is 0.923. The first kappa shape index (κ1) is 20.8. The molecule has 0 radical (unpaired) electrons. The van der Waals surface area contributed by atoms with Gasteiger partial charge in [0.2, 0.25) is 5.91 Å². The van der Waals surface area contributed by atoms with Crippen LogP contribution in [0.5, 0.6) is 11.5 Å². The van der Waals surface area contributed by atoms with E-state index >= 15 is 0 Å². The Bertz CT molecular complexity index is 763. The van der Waals surface area contributed by atoms with Gasteiger partial charge in [0.15, 0.2) is 6.61 Å². The highest BCUT2D eigenvalue weighted by atomic mass is 79.9. The summed E-state index contributed by atoms with van der Waals surface area (Å²) < 4.78 is 11.6. The summed E-state index contributed by atoms with van der Waals surface area (Å²) in [6.45, 7) is 1.85. The van der Waals surface area contributed by atoms with Crippen LogP contribution in [-0.2, 0) is 16.1 Å². The van der Waals surface area contributed by atoms with Crippen molar-refractivity contribution in [2.45, 2.75) is 19.5 Å². The predicted molar refractivity (Wildman–Crippen MR) is 107 cm³/mol. The van der Waals surface area contributed by atoms with E-state index in [0.29, 0.717) is 18.0 Å². The number of rotatable bonds is 8. The monoisotopic (exact) mass is 434 g/mol. The summed E-state index contributed by atoms with van der Waals surface area (Å²) in [6, 6.07) is 14.0.